The van der Waals surface area contributed by atoms with E-state index in [9.17, 15) is 9.18 Å². The van der Waals surface area contributed by atoms with Crippen LogP contribution in [-0.4, -0.2) is 55.5 Å². The number of halogens is 1. The van der Waals surface area contributed by atoms with Gasteiger partial charge in [0.2, 0.25) is 5.91 Å². The number of nitrogens with one attached hydrogen (secondary N) is 1. The number of carbonyl (C=O) groups is 1. The molecule has 1 aliphatic heterocycles. The fraction of sp³-hybridized carbons (Fsp3) is 0.562. The quantitative estimate of drug-likeness (QED) is 0.893. The highest BCUT2D eigenvalue weighted by atomic mass is 19.1. The van der Waals surface area contributed by atoms with Gasteiger partial charge in [-0.3, -0.25) is 9.69 Å². The summed E-state index contributed by atoms with van der Waals surface area (Å²) in [5.41, 5.74) is 0.711. The topological polar surface area (TPSA) is 35.6 Å². The molecular formula is C16H24FN3O. The highest BCUT2D eigenvalue weighted by molar-refractivity contribution is 5.77. The molecule has 1 aromatic carbocycles. The molecule has 0 spiro atoms. The van der Waals surface area contributed by atoms with Crippen molar-refractivity contribution in [1.82, 2.24) is 15.1 Å². The molecule has 1 amide bonds. The zero-order chi connectivity index (χ0) is 15.2. The molecule has 0 aliphatic carbocycles. The standard InChI is InChI=1S/C16H24FN3O/c1-19(2)16(21)12-20-9-7-14(8-10-20)18-11-13-5-3-4-6-15(13)17/h3-6,14,18H,7-12H2,1-2H3. The molecule has 21 heavy (non-hydrogen) atoms. The first-order chi connectivity index (χ1) is 10.1. The second-order valence-electron chi connectivity index (χ2n) is 5.81. The molecule has 116 valence electrons. The lowest BCUT2D eigenvalue weighted by Crippen LogP contribution is -2.45. The van der Waals surface area contributed by atoms with E-state index in [1.165, 1.54) is 6.07 Å². The van der Waals surface area contributed by atoms with Gasteiger partial charge in [0.25, 0.3) is 0 Å². The number of carbonyl (C=O) groups excluding carboxylic acids is 1. The first-order valence-electron chi connectivity index (χ1n) is 7.45. The van der Waals surface area contributed by atoms with Crippen molar-refractivity contribution in [3.05, 3.63) is 35.6 Å². The maximum absolute atomic E-state index is 13.5. The monoisotopic (exact) mass is 293 g/mol. The molecule has 0 atom stereocenters. The number of rotatable bonds is 5. The van der Waals surface area contributed by atoms with Gasteiger partial charge < -0.3 is 10.2 Å². The Morgan fingerprint density at radius 1 is 1.33 bits per heavy atom. The number of hydrogen-bond donors (Lipinski definition) is 1. The van der Waals surface area contributed by atoms with Crippen molar-refractivity contribution in [2.75, 3.05) is 33.7 Å². The summed E-state index contributed by atoms with van der Waals surface area (Å²) in [6, 6.07) is 7.27. The van der Waals surface area contributed by atoms with Gasteiger partial charge in [0.1, 0.15) is 5.82 Å². The molecule has 0 bridgehead atoms. The van der Waals surface area contributed by atoms with Crippen LogP contribution in [-0.2, 0) is 11.3 Å². The Bertz CT molecular complexity index is 470. The molecule has 1 heterocycles. The highest BCUT2D eigenvalue weighted by Crippen LogP contribution is 2.12. The van der Waals surface area contributed by atoms with Crippen LogP contribution in [0, 0.1) is 5.82 Å². The smallest absolute Gasteiger partial charge is 0.236 e. The summed E-state index contributed by atoms with van der Waals surface area (Å²) in [7, 11) is 3.57. The lowest BCUT2D eigenvalue weighted by Gasteiger charge is -2.32. The number of benzene rings is 1. The van der Waals surface area contributed by atoms with Gasteiger partial charge in [-0.25, -0.2) is 4.39 Å². The Balaban J connectivity index is 1.72. The first kappa shape index (κ1) is 15.9. The Hall–Kier alpha value is -1.46. The number of likely N-dealkylation sites (tertiary alicyclic amines) is 1. The number of hydrogen-bond acceptors (Lipinski definition) is 3. The molecule has 1 N–H and O–H groups in total. The van der Waals surface area contributed by atoms with E-state index >= 15 is 0 Å². The number of piperidine rings is 1. The predicted octanol–water partition coefficient (Wildman–Crippen LogP) is 1.47. The van der Waals surface area contributed by atoms with Crippen LogP contribution in [0.1, 0.15) is 18.4 Å². The van der Waals surface area contributed by atoms with Gasteiger partial charge in [-0.2, -0.15) is 0 Å². The van der Waals surface area contributed by atoms with Crippen molar-refractivity contribution in [3.8, 4) is 0 Å². The molecule has 0 radical (unpaired) electrons. The normalized spacial score (nSPS) is 16.9. The summed E-state index contributed by atoms with van der Waals surface area (Å²) in [5.74, 6) is -0.00761. The summed E-state index contributed by atoms with van der Waals surface area (Å²) in [4.78, 5) is 15.5. The van der Waals surface area contributed by atoms with Crippen LogP contribution in [0.15, 0.2) is 24.3 Å². The van der Waals surface area contributed by atoms with E-state index in [0.29, 0.717) is 24.7 Å². The molecule has 4 nitrogen and oxygen atoms in total. The number of nitrogens with zero attached hydrogens (tertiary/aromatic N) is 2. The largest absolute Gasteiger partial charge is 0.348 e. The maximum Gasteiger partial charge on any atom is 0.236 e. The minimum Gasteiger partial charge on any atom is -0.348 e. The third kappa shape index (κ3) is 4.79. The van der Waals surface area contributed by atoms with Gasteiger partial charge >= 0.3 is 0 Å². The average Bonchev–Trinajstić information content (AvgIpc) is 2.48. The van der Waals surface area contributed by atoms with Crippen molar-refractivity contribution in [3.63, 3.8) is 0 Å². The lowest BCUT2D eigenvalue weighted by molar-refractivity contribution is -0.130. The molecule has 1 fully saturated rings. The van der Waals surface area contributed by atoms with Crippen LogP contribution >= 0.6 is 0 Å². The van der Waals surface area contributed by atoms with Crippen molar-refractivity contribution in [2.24, 2.45) is 0 Å². The van der Waals surface area contributed by atoms with Crippen LogP contribution in [0.25, 0.3) is 0 Å². The second kappa shape index (κ2) is 7.52. The van der Waals surface area contributed by atoms with Crippen molar-refractivity contribution in [2.45, 2.75) is 25.4 Å². The zero-order valence-corrected chi connectivity index (χ0v) is 12.8. The van der Waals surface area contributed by atoms with Crippen LogP contribution in [0.3, 0.4) is 0 Å². The van der Waals surface area contributed by atoms with Gasteiger partial charge in [-0.15, -0.1) is 0 Å². The molecule has 0 aromatic heterocycles. The fourth-order valence-corrected chi connectivity index (χ4v) is 2.52. The third-order valence-electron chi connectivity index (χ3n) is 3.98. The minimum absolute atomic E-state index is 0.146. The SMILES string of the molecule is CN(C)C(=O)CN1CCC(NCc2ccccc2F)CC1. The molecule has 0 saturated carbocycles. The first-order valence-corrected chi connectivity index (χ1v) is 7.45. The second-order valence-corrected chi connectivity index (χ2v) is 5.81. The summed E-state index contributed by atoms with van der Waals surface area (Å²) < 4.78 is 13.5. The zero-order valence-electron chi connectivity index (χ0n) is 12.8. The van der Waals surface area contributed by atoms with E-state index in [1.54, 1.807) is 25.1 Å². The summed E-state index contributed by atoms with van der Waals surface area (Å²) in [6.07, 6.45) is 1.99. The fourth-order valence-electron chi connectivity index (χ4n) is 2.52. The van der Waals surface area contributed by atoms with Crippen LogP contribution < -0.4 is 5.32 Å². The summed E-state index contributed by atoms with van der Waals surface area (Å²) in [6.45, 7) is 2.88. The van der Waals surface area contributed by atoms with Gasteiger partial charge in [-0.1, -0.05) is 18.2 Å². The Kier molecular flexibility index (Phi) is 5.70. The van der Waals surface area contributed by atoms with E-state index in [2.05, 4.69) is 10.2 Å². The molecule has 1 saturated heterocycles. The van der Waals surface area contributed by atoms with Crippen molar-refractivity contribution >= 4 is 5.91 Å². The van der Waals surface area contributed by atoms with E-state index in [0.717, 1.165) is 25.9 Å². The molecule has 0 unspecified atom stereocenters. The molecule has 5 heteroatoms. The van der Waals surface area contributed by atoms with Crippen LogP contribution in [0.4, 0.5) is 4.39 Å². The van der Waals surface area contributed by atoms with Gasteiger partial charge in [0.15, 0.2) is 0 Å². The van der Waals surface area contributed by atoms with Crippen LogP contribution in [0.2, 0.25) is 0 Å². The van der Waals surface area contributed by atoms with Crippen molar-refractivity contribution < 1.29 is 9.18 Å². The molecule has 2 rings (SSSR count). The molecular weight excluding hydrogens is 269 g/mol. The lowest BCUT2D eigenvalue weighted by atomic mass is 10.0. The number of amides is 1. The minimum atomic E-state index is -0.154. The maximum atomic E-state index is 13.5. The Morgan fingerprint density at radius 2 is 2.00 bits per heavy atom. The van der Waals surface area contributed by atoms with Gasteiger partial charge in [-0.05, 0) is 18.9 Å². The Morgan fingerprint density at radius 3 is 2.62 bits per heavy atom. The van der Waals surface area contributed by atoms with Crippen LogP contribution in [0.5, 0.6) is 0 Å². The van der Waals surface area contributed by atoms with Crippen molar-refractivity contribution in [1.29, 1.82) is 0 Å². The Labute approximate surface area is 125 Å². The molecule has 1 aliphatic rings. The number of likely N-dealkylation sites (N-methyl/N-ethyl adjacent to an activating group) is 1. The van der Waals surface area contributed by atoms with Gasteiger partial charge in [0.05, 0.1) is 6.54 Å². The van der Waals surface area contributed by atoms with E-state index in [-0.39, 0.29) is 11.7 Å². The highest BCUT2D eigenvalue weighted by Gasteiger charge is 2.21. The third-order valence-corrected chi connectivity index (χ3v) is 3.98. The van der Waals surface area contributed by atoms with E-state index in [1.807, 2.05) is 12.1 Å². The van der Waals surface area contributed by atoms with Gasteiger partial charge in [0, 0.05) is 45.3 Å². The van der Waals surface area contributed by atoms with E-state index < -0.39 is 0 Å². The average molecular weight is 293 g/mol. The van der Waals surface area contributed by atoms with E-state index in [4.69, 9.17) is 0 Å². The summed E-state index contributed by atoms with van der Waals surface area (Å²) in [5, 5.41) is 3.41. The molecule has 1 aromatic rings. The predicted molar refractivity (Wildman–Crippen MR) is 81.4 cm³/mol. The summed E-state index contributed by atoms with van der Waals surface area (Å²) >= 11 is 0.